The molecule has 0 radical (unpaired) electrons. The summed E-state index contributed by atoms with van der Waals surface area (Å²) in [6.07, 6.45) is 0. The maximum atomic E-state index is 12.6. The van der Waals surface area contributed by atoms with Crippen LogP contribution in [-0.4, -0.2) is 42.9 Å². The molecular weight excluding hydrogens is 418 g/mol. The lowest BCUT2D eigenvalue weighted by Gasteiger charge is -2.36. The second kappa shape index (κ2) is 9.17. The number of hydrogen-bond acceptors (Lipinski definition) is 4. The van der Waals surface area contributed by atoms with Crippen molar-refractivity contribution in [2.45, 2.75) is 26.2 Å². The second-order valence-electron chi connectivity index (χ2n) is 9.08. The highest BCUT2D eigenvalue weighted by atomic mass is 32.1. The Labute approximate surface area is 193 Å². The molecule has 2 amide bonds. The molecule has 3 aromatic rings. The summed E-state index contributed by atoms with van der Waals surface area (Å²) in [5.41, 5.74) is 3.78. The number of carbonyl (C=O) groups excluding carboxylic acids is 2. The zero-order valence-corrected chi connectivity index (χ0v) is 19.6. The van der Waals surface area contributed by atoms with E-state index in [9.17, 15) is 9.59 Å². The second-order valence-corrected chi connectivity index (χ2v) is 10.0. The quantitative estimate of drug-likeness (QED) is 0.594. The Balaban J connectivity index is 1.32. The number of carbonyl (C=O) groups is 2. The van der Waals surface area contributed by atoms with E-state index in [0.29, 0.717) is 18.7 Å². The first-order valence-corrected chi connectivity index (χ1v) is 11.8. The summed E-state index contributed by atoms with van der Waals surface area (Å²) < 4.78 is 0. The van der Waals surface area contributed by atoms with Gasteiger partial charge in [0, 0.05) is 43.1 Å². The number of piperazine rings is 1. The van der Waals surface area contributed by atoms with Gasteiger partial charge in [-0.3, -0.25) is 9.59 Å². The number of rotatable bonds is 4. The molecule has 0 bridgehead atoms. The van der Waals surface area contributed by atoms with Crippen LogP contribution < -0.4 is 10.2 Å². The Morgan fingerprint density at radius 2 is 1.53 bits per heavy atom. The van der Waals surface area contributed by atoms with E-state index in [1.54, 1.807) is 0 Å². The zero-order chi connectivity index (χ0) is 22.7. The fourth-order valence-corrected chi connectivity index (χ4v) is 4.50. The van der Waals surface area contributed by atoms with Gasteiger partial charge in [0.1, 0.15) is 0 Å². The van der Waals surface area contributed by atoms with Crippen molar-refractivity contribution in [3.05, 3.63) is 82.0 Å². The van der Waals surface area contributed by atoms with Crippen LogP contribution >= 0.6 is 11.3 Å². The van der Waals surface area contributed by atoms with Crippen molar-refractivity contribution < 1.29 is 9.59 Å². The minimum absolute atomic E-state index is 0.0631. The molecule has 0 atom stereocenters. The third kappa shape index (κ3) is 5.02. The van der Waals surface area contributed by atoms with Crippen LogP contribution in [-0.2, 0) is 5.41 Å². The molecule has 0 unspecified atom stereocenters. The molecule has 1 saturated heterocycles. The summed E-state index contributed by atoms with van der Waals surface area (Å²) in [5, 5.41) is 4.91. The van der Waals surface area contributed by atoms with Gasteiger partial charge < -0.3 is 15.1 Å². The van der Waals surface area contributed by atoms with Gasteiger partial charge in [0.15, 0.2) is 0 Å². The number of anilines is 2. The van der Waals surface area contributed by atoms with E-state index in [4.69, 9.17) is 0 Å². The highest BCUT2D eigenvalue weighted by molar-refractivity contribution is 7.12. The normalized spacial score (nSPS) is 14.3. The summed E-state index contributed by atoms with van der Waals surface area (Å²) in [7, 11) is 0. The van der Waals surface area contributed by atoms with Gasteiger partial charge >= 0.3 is 0 Å². The van der Waals surface area contributed by atoms with E-state index < -0.39 is 0 Å². The lowest BCUT2D eigenvalue weighted by atomic mass is 9.87. The predicted octanol–water partition coefficient (Wildman–Crippen LogP) is 5.26. The van der Waals surface area contributed by atoms with Gasteiger partial charge in [0.2, 0.25) is 0 Å². The molecule has 5 nitrogen and oxygen atoms in total. The summed E-state index contributed by atoms with van der Waals surface area (Å²) in [6, 6.07) is 19.5. The van der Waals surface area contributed by atoms with Gasteiger partial charge in [0.05, 0.1) is 4.88 Å². The van der Waals surface area contributed by atoms with Gasteiger partial charge in [-0.2, -0.15) is 0 Å². The van der Waals surface area contributed by atoms with Crippen molar-refractivity contribution >= 4 is 34.5 Å². The minimum Gasteiger partial charge on any atom is -0.368 e. The molecule has 1 aliphatic rings. The largest absolute Gasteiger partial charge is 0.368 e. The molecule has 4 rings (SSSR count). The Morgan fingerprint density at radius 3 is 2.09 bits per heavy atom. The number of benzene rings is 2. The molecule has 6 heteroatoms. The van der Waals surface area contributed by atoms with E-state index in [0.717, 1.165) is 29.3 Å². The average Bonchev–Trinajstić information content (AvgIpc) is 3.34. The first-order valence-electron chi connectivity index (χ1n) is 10.9. The highest BCUT2D eigenvalue weighted by Crippen LogP contribution is 2.24. The number of hydrogen-bond donors (Lipinski definition) is 1. The third-order valence-corrected chi connectivity index (χ3v) is 6.66. The third-order valence-electron chi connectivity index (χ3n) is 5.80. The molecule has 32 heavy (non-hydrogen) atoms. The maximum absolute atomic E-state index is 12.6. The summed E-state index contributed by atoms with van der Waals surface area (Å²) in [4.78, 5) is 30.1. The SMILES string of the molecule is CC(C)(C)c1ccc(C(=O)Nc2ccc(N3CCN(C(=O)c4cccs4)CC3)cc2)cc1. The maximum Gasteiger partial charge on any atom is 0.264 e. The Hall–Kier alpha value is -3.12. The Kier molecular flexibility index (Phi) is 6.33. The highest BCUT2D eigenvalue weighted by Gasteiger charge is 2.23. The molecule has 166 valence electrons. The zero-order valence-electron chi connectivity index (χ0n) is 18.8. The first-order chi connectivity index (χ1) is 15.3. The predicted molar refractivity (Wildman–Crippen MR) is 132 cm³/mol. The van der Waals surface area contributed by atoms with Gasteiger partial charge in [0.25, 0.3) is 11.8 Å². The van der Waals surface area contributed by atoms with Crippen molar-refractivity contribution in [2.75, 3.05) is 36.4 Å². The van der Waals surface area contributed by atoms with Gasteiger partial charge in [-0.1, -0.05) is 39.0 Å². The van der Waals surface area contributed by atoms with Crippen LogP contribution in [0.5, 0.6) is 0 Å². The molecule has 0 spiro atoms. The smallest absolute Gasteiger partial charge is 0.264 e. The topological polar surface area (TPSA) is 52.7 Å². The standard InChI is InChI=1S/C26H29N3O2S/c1-26(2,3)20-8-6-19(7-9-20)24(30)27-21-10-12-22(13-11-21)28-14-16-29(17-15-28)25(31)23-5-4-18-32-23/h4-13,18H,14-17H2,1-3H3,(H,27,30). The van der Waals surface area contributed by atoms with Crippen LogP contribution in [0.1, 0.15) is 46.4 Å². The molecule has 0 saturated carbocycles. The van der Waals surface area contributed by atoms with E-state index in [1.807, 2.05) is 70.9 Å². The van der Waals surface area contributed by atoms with E-state index in [2.05, 4.69) is 31.0 Å². The molecule has 0 aliphatic carbocycles. The lowest BCUT2D eigenvalue weighted by Crippen LogP contribution is -2.48. The Morgan fingerprint density at radius 1 is 0.875 bits per heavy atom. The van der Waals surface area contributed by atoms with Gasteiger partial charge in [-0.05, 0) is 58.8 Å². The molecule has 2 aromatic carbocycles. The minimum atomic E-state index is -0.112. The van der Waals surface area contributed by atoms with Crippen LogP contribution in [0.3, 0.4) is 0 Å². The number of thiophene rings is 1. The van der Waals surface area contributed by atoms with Gasteiger partial charge in [-0.25, -0.2) is 0 Å². The van der Waals surface area contributed by atoms with Crippen molar-refractivity contribution in [3.63, 3.8) is 0 Å². The molecule has 1 aliphatic heterocycles. The summed E-state index contributed by atoms with van der Waals surface area (Å²) >= 11 is 1.49. The summed E-state index contributed by atoms with van der Waals surface area (Å²) in [5.74, 6) is 0.00663. The Bertz CT molecular complexity index is 1060. The van der Waals surface area contributed by atoms with Crippen molar-refractivity contribution in [1.82, 2.24) is 4.90 Å². The van der Waals surface area contributed by atoms with Crippen LogP contribution in [0, 0.1) is 0 Å². The number of nitrogens with one attached hydrogen (secondary N) is 1. The summed E-state index contributed by atoms with van der Waals surface area (Å²) in [6.45, 7) is 9.48. The molecular formula is C26H29N3O2S. The number of nitrogens with zero attached hydrogens (tertiary/aromatic N) is 2. The fourth-order valence-electron chi connectivity index (χ4n) is 3.80. The molecule has 1 fully saturated rings. The van der Waals surface area contributed by atoms with Crippen molar-refractivity contribution in [3.8, 4) is 0 Å². The lowest BCUT2D eigenvalue weighted by molar-refractivity contribution is 0.0751. The molecule has 2 heterocycles. The van der Waals surface area contributed by atoms with Crippen LogP contribution in [0.4, 0.5) is 11.4 Å². The monoisotopic (exact) mass is 447 g/mol. The van der Waals surface area contributed by atoms with Crippen LogP contribution in [0.15, 0.2) is 66.0 Å². The van der Waals surface area contributed by atoms with Crippen LogP contribution in [0.25, 0.3) is 0 Å². The fraction of sp³-hybridized carbons (Fsp3) is 0.308. The van der Waals surface area contributed by atoms with E-state index >= 15 is 0 Å². The van der Waals surface area contributed by atoms with Crippen molar-refractivity contribution in [2.24, 2.45) is 0 Å². The van der Waals surface area contributed by atoms with Crippen LogP contribution in [0.2, 0.25) is 0 Å². The van der Waals surface area contributed by atoms with E-state index in [1.165, 1.54) is 16.9 Å². The average molecular weight is 448 g/mol. The molecule has 1 aromatic heterocycles. The molecule has 1 N–H and O–H groups in total. The van der Waals surface area contributed by atoms with Crippen molar-refractivity contribution in [1.29, 1.82) is 0 Å². The number of amides is 2. The van der Waals surface area contributed by atoms with Gasteiger partial charge in [-0.15, -0.1) is 11.3 Å². The first kappa shape index (κ1) is 22.1. The van der Waals surface area contributed by atoms with E-state index in [-0.39, 0.29) is 17.2 Å².